The number of aldehydes is 1. The molecule has 0 radical (unpaired) electrons. The van der Waals surface area contributed by atoms with Gasteiger partial charge < -0.3 is 4.90 Å². The Bertz CT molecular complexity index is 254. The number of carbonyl (C=O) groups is 1. The molecule has 2 heteroatoms. The third-order valence-electron chi connectivity index (χ3n) is 1.83. The standard InChI is InChI=1S/C12H21NO/c1-10(9-14)7-11(8-13(5)6)12(2,3)4/h7-9H,1-6H3/b10-7-,11-8+. The van der Waals surface area contributed by atoms with Crippen LogP contribution in [0.15, 0.2) is 23.4 Å². The van der Waals surface area contributed by atoms with Crippen LogP contribution in [0.4, 0.5) is 0 Å². The molecule has 0 unspecified atom stereocenters. The second-order valence-corrected chi connectivity index (χ2v) is 4.80. The van der Waals surface area contributed by atoms with Crippen molar-refractivity contribution in [2.75, 3.05) is 14.1 Å². The third-order valence-corrected chi connectivity index (χ3v) is 1.83. The highest BCUT2D eigenvalue weighted by atomic mass is 16.1. The summed E-state index contributed by atoms with van der Waals surface area (Å²) >= 11 is 0. The SMILES string of the molecule is C/C(C=O)=C/C(=C\N(C)C)C(C)(C)C. The van der Waals surface area contributed by atoms with E-state index in [1.54, 1.807) is 0 Å². The van der Waals surface area contributed by atoms with Crippen LogP contribution in [0.5, 0.6) is 0 Å². The Morgan fingerprint density at radius 1 is 1.21 bits per heavy atom. The number of rotatable bonds is 3. The van der Waals surface area contributed by atoms with Crippen molar-refractivity contribution in [1.29, 1.82) is 0 Å². The Hall–Kier alpha value is -1.05. The van der Waals surface area contributed by atoms with E-state index in [1.807, 2.05) is 38.2 Å². The molecule has 0 aliphatic heterocycles. The Morgan fingerprint density at radius 2 is 1.71 bits per heavy atom. The van der Waals surface area contributed by atoms with Crippen LogP contribution in [0.3, 0.4) is 0 Å². The summed E-state index contributed by atoms with van der Waals surface area (Å²) in [4.78, 5) is 12.5. The van der Waals surface area contributed by atoms with Crippen molar-refractivity contribution in [2.45, 2.75) is 27.7 Å². The first kappa shape index (κ1) is 12.9. The first-order valence-electron chi connectivity index (χ1n) is 4.79. The molecule has 0 amide bonds. The summed E-state index contributed by atoms with van der Waals surface area (Å²) in [5, 5.41) is 0. The van der Waals surface area contributed by atoms with Gasteiger partial charge in [-0.25, -0.2) is 0 Å². The molecule has 0 aliphatic rings. The highest BCUT2D eigenvalue weighted by Gasteiger charge is 2.15. The average Bonchev–Trinajstić information content (AvgIpc) is 2.00. The van der Waals surface area contributed by atoms with Gasteiger partial charge in [0, 0.05) is 20.3 Å². The third kappa shape index (κ3) is 4.85. The van der Waals surface area contributed by atoms with Gasteiger partial charge in [-0.2, -0.15) is 0 Å². The van der Waals surface area contributed by atoms with Crippen molar-refractivity contribution in [3.63, 3.8) is 0 Å². The number of hydrogen-bond donors (Lipinski definition) is 0. The lowest BCUT2D eigenvalue weighted by molar-refractivity contribution is -0.104. The van der Waals surface area contributed by atoms with Crippen LogP contribution in [0, 0.1) is 5.41 Å². The molecule has 80 valence electrons. The Balaban J connectivity index is 5.04. The molecule has 0 rings (SSSR count). The molecule has 14 heavy (non-hydrogen) atoms. The van der Waals surface area contributed by atoms with Gasteiger partial charge in [0.25, 0.3) is 0 Å². The van der Waals surface area contributed by atoms with E-state index >= 15 is 0 Å². The van der Waals surface area contributed by atoms with E-state index in [9.17, 15) is 4.79 Å². The summed E-state index contributed by atoms with van der Waals surface area (Å²) in [5.74, 6) is 0. The number of allylic oxidation sites excluding steroid dienone is 3. The molecule has 0 heterocycles. The minimum Gasteiger partial charge on any atom is -0.383 e. The molecule has 2 nitrogen and oxygen atoms in total. The van der Waals surface area contributed by atoms with Crippen LogP contribution < -0.4 is 0 Å². The molecular weight excluding hydrogens is 174 g/mol. The minimum atomic E-state index is 0.0640. The van der Waals surface area contributed by atoms with Gasteiger partial charge in [-0.3, -0.25) is 4.79 Å². The van der Waals surface area contributed by atoms with Gasteiger partial charge in [-0.1, -0.05) is 26.8 Å². The molecule has 0 fully saturated rings. The first-order chi connectivity index (χ1) is 6.27. The van der Waals surface area contributed by atoms with Crippen LogP contribution in [0.1, 0.15) is 27.7 Å². The molecule has 0 aromatic rings. The fraction of sp³-hybridized carbons (Fsp3) is 0.583. The van der Waals surface area contributed by atoms with E-state index in [2.05, 4.69) is 20.8 Å². The van der Waals surface area contributed by atoms with Crippen LogP contribution >= 0.6 is 0 Å². The largest absolute Gasteiger partial charge is 0.383 e. The topological polar surface area (TPSA) is 20.3 Å². The normalized spacial score (nSPS) is 14.1. The van der Waals surface area contributed by atoms with E-state index in [1.165, 1.54) is 0 Å². The molecule has 0 N–H and O–H groups in total. The van der Waals surface area contributed by atoms with Gasteiger partial charge in [0.1, 0.15) is 6.29 Å². The quantitative estimate of drug-likeness (QED) is 0.392. The lowest BCUT2D eigenvalue weighted by atomic mass is 9.86. The van der Waals surface area contributed by atoms with Gasteiger partial charge >= 0.3 is 0 Å². The van der Waals surface area contributed by atoms with Crippen molar-refractivity contribution in [2.24, 2.45) is 5.41 Å². The molecule has 0 aliphatic carbocycles. The van der Waals surface area contributed by atoms with Gasteiger partial charge in [-0.15, -0.1) is 0 Å². The maximum absolute atomic E-state index is 10.5. The molecule has 0 aromatic carbocycles. The van der Waals surface area contributed by atoms with Crippen molar-refractivity contribution < 1.29 is 4.79 Å². The Morgan fingerprint density at radius 3 is 2.00 bits per heavy atom. The van der Waals surface area contributed by atoms with Gasteiger partial charge in [0.05, 0.1) is 0 Å². The van der Waals surface area contributed by atoms with Crippen molar-refractivity contribution in [3.05, 3.63) is 23.4 Å². The van der Waals surface area contributed by atoms with Gasteiger partial charge in [0.2, 0.25) is 0 Å². The highest BCUT2D eigenvalue weighted by molar-refractivity contribution is 5.73. The summed E-state index contributed by atoms with van der Waals surface area (Å²) in [5.41, 5.74) is 1.98. The minimum absolute atomic E-state index is 0.0640. The summed E-state index contributed by atoms with van der Waals surface area (Å²) in [7, 11) is 3.96. The Labute approximate surface area is 87.3 Å². The zero-order valence-electron chi connectivity index (χ0n) is 10.1. The van der Waals surface area contributed by atoms with E-state index in [4.69, 9.17) is 0 Å². The predicted octanol–water partition coefficient (Wildman–Crippen LogP) is 2.62. The van der Waals surface area contributed by atoms with E-state index in [0.717, 1.165) is 17.4 Å². The van der Waals surface area contributed by atoms with Crippen LogP contribution in [0.2, 0.25) is 0 Å². The molecular formula is C12H21NO. The molecule has 0 atom stereocenters. The Kier molecular flexibility index (Phi) is 4.61. The molecule has 0 bridgehead atoms. The van der Waals surface area contributed by atoms with Gasteiger partial charge in [-0.05, 0) is 23.5 Å². The van der Waals surface area contributed by atoms with E-state index < -0.39 is 0 Å². The molecule has 0 saturated heterocycles. The van der Waals surface area contributed by atoms with E-state index in [0.29, 0.717) is 0 Å². The maximum Gasteiger partial charge on any atom is 0.145 e. The van der Waals surface area contributed by atoms with Crippen LogP contribution in [-0.4, -0.2) is 25.3 Å². The van der Waals surface area contributed by atoms with Gasteiger partial charge in [0.15, 0.2) is 0 Å². The summed E-state index contributed by atoms with van der Waals surface area (Å²) in [6.07, 6.45) is 4.87. The van der Waals surface area contributed by atoms with Crippen molar-refractivity contribution in [1.82, 2.24) is 4.90 Å². The van der Waals surface area contributed by atoms with E-state index in [-0.39, 0.29) is 5.41 Å². The predicted molar refractivity (Wildman–Crippen MR) is 61.0 cm³/mol. The number of hydrogen-bond acceptors (Lipinski definition) is 2. The maximum atomic E-state index is 10.5. The lowest BCUT2D eigenvalue weighted by Gasteiger charge is -2.22. The highest BCUT2D eigenvalue weighted by Crippen LogP contribution is 2.27. The fourth-order valence-electron chi connectivity index (χ4n) is 1.00. The fourth-order valence-corrected chi connectivity index (χ4v) is 1.00. The summed E-state index contributed by atoms with van der Waals surface area (Å²) < 4.78 is 0. The average molecular weight is 195 g/mol. The summed E-state index contributed by atoms with van der Waals surface area (Å²) in [6, 6.07) is 0. The molecule has 0 aromatic heterocycles. The molecule has 0 saturated carbocycles. The van der Waals surface area contributed by atoms with Crippen LogP contribution in [-0.2, 0) is 4.79 Å². The zero-order chi connectivity index (χ0) is 11.4. The number of carbonyl (C=O) groups excluding carboxylic acids is 1. The monoisotopic (exact) mass is 195 g/mol. The van der Waals surface area contributed by atoms with Crippen molar-refractivity contribution >= 4 is 6.29 Å². The zero-order valence-corrected chi connectivity index (χ0v) is 10.1. The second kappa shape index (κ2) is 4.99. The first-order valence-corrected chi connectivity index (χ1v) is 4.79. The lowest BCUT2D eigenvalue weighted by Crippen LogP contribution is -2.13. The second-order valence-electron chi connectivity index (χ2n) is 4.80. The van der Waals surface area contributed by atoms with Crippen molar-refractivity contribution in [3.8, 4) is 0 Å². The summed E-state index contributed by atoms with van der Waals surface area (Å²) in [6.45, 7) is 8.23. The smallest absolute Gasteiger partial charge is 0.145 e. The molecule has 0 spiro atoms. The number of nitrogens with zero attached hydrogens (tertiary/aromatic N) is 1. The van der Waals surface area contributed by atoms with Crippen LogP contribution in [0.25, 0.3) is 0 Å².